The SMILES string of the molecule is COS(=O)(=O)c1ccc(Cl)cc1. The molecule has 0 saturated heterocycles. The zero-order valence-electron chi connectivity index (χ0n) is 6.32. The van der Waals surface area contributed by atoms with Gasteiger partial charge >= 0.3 is 0 Å². The van der Waals surface area contributed by atoms with Crippen molar-refractivity contribution < 1.29 is 12.6 Å². The zero-order chi connectivity index (χ0) is 9.19. The molecule has 0 unspecified atom stereocenters. The summed E-state index contributed by atoms with van der Waals surface area (Å²) in [5.41, 5.74) is 0. The lowest BCUT2D eigenvalue weighted by molar-refractivity contribution is 0.398. The third-order valence-electron chi connectivity index (χ3n) is 1.32. The molecule has 66 valence electrons. The van der Waals surface area contributed by atoms with Crippen molar-refractivity contribution in [3.05, 3.63) is 29.3 Å². The van der Waals surface area contributed by atoms with Crippen molar-refractivity contribution in [3.63, 3.8) is 0 Å². The molecular weight excluding hydrogens is 200 g/mol. The number of rotatable bonds is 2. The first-order chi connectivity index (χ1) is 5.56. The molecule has 0 fully saturated rings. The molecular formula is C7H7ClO3S. The van der Waals surface area contributed by atoms with Gasteiger partial charge in [-0.25, -0.2) is 0 Å². The molecule has 0 amide bonds. The zero-order valence-corrected chi connectivity index (χ0v) is 7.89. The Hall–Kier alpha value is -0.580. The van der Waals surface area contributed by atoms with Gasteiger partial charge in [-0.3, -0.25) is 4.18 Å². The van der Waals surface area contributed by atoms with Crippen molar-refractivity contribution in [2.45, 2.75) is 4.90 Å². The van der Waals surface area contributed by atoms with E-state index in [2.05, 4.69) is 4.18 Å². The molecule has 3 nitrogen and oxygen atoms in total. The van der Waals surface area contributed by atoms with E-state index in [-0.39, 0.29) is 4.90 Å². The number of benzene rings is 1. The van der Waals surface area contributed by atoms with E-state index in [9.17, 15) is 8.42 Å². The molecule has 0 aliphatic rings. The maximum absolute atomic E-state index is 11.0. The predicted molar refractivity (Wildman–Crippen MR) is 45.6 cm³/mol. The van der Waals surface area contributed by atoms with Gasteiger partial charge in [-0.1, -0.05) is 11.6 Å². The lowest BCUT2D eigenvalue weighted by atomic mass is 10.4. The molecule has 5 heteroatoms. The lowest BCUT2D eigenvalue weighted by Crippen LogP contribution is -2.01. The van der Waals surface area contributed by atoms with Crippen molar-refractivity contribution >= 4 is 21.7 Å². The van der Waals surface area contributed by atoms with Crippen LogP contribution < -0.4 is 0 Å². The van der Waals surface area contributed by atoms with Gasteiger partial charge in [0.15, 0.2) is 0 Å². The maximum atomic E-state index is 11.0. The molecule has 0 aliphatic heterocycles. The van der Waals surface area contributed by atoms with E-state index in [1.807, 2.05) is 0 Å². The van der Waals surface area contributed by atoms with Crippen LogP contribution in [0, 0.1) is 0 Å². The molecule has 1 rings (SSSR count). The van der Waals surface area contributed by atoms with Gasteiger partial charge in [0.05, 0.1) is 12.0 Å². The second-order valence-corrected chi connectivity index (χ2v) is 4.22. The molecule has 0 bridgehead atoms. The molecule has 0 spiro atoms. The van der Waals surface area contributed by atoms with Crippen LogP contribution in [0.3, 0.4) is 0 Å². The largest absolute Gasteiger partial charge is 0.296 e. The van der Waals surface area contributed by atoms with E-state index >= 15 is 0 Å². The summed E-state index contributed by atoms with van der Waals surface area (Å²) in [7, 11) is -2.46. The summed E-state index contributed by atoms with van der Waals surface area (Å²) in [6, 6.07) is 5.77. The fourth-order valence-corrected chi connectivity index (χ4v) is 1.49. The summed E-state index contributed by atoms with van der Waals surface area (Å²) in [6.07, 6.45) is 0. The van der Waals surface area contributed by atoms with Gasteiger partial charge in [0.25, 0.3) is 10.1 Å². The van der Waals surface area contributed by atoms with Gasteiger partial charge in [0, 0.05) is 5.02 Å². The highest BCUT2D eigenvalue weighted by Gasteiger charge is 2.11. The van der Waals surface area contributed by atoms with Gasteiger partial charge in [0.2, 0.25) is 0 Å². The topological polar surface area (TPSA) is 43.4 Å². The van der Waals surface area contributed by atoms with Crippen molar-refractivity contribution in [2.75, 3.05) is 7.11 Å². The van der Waals surface area contributed by atoms with Crippen LogP contribution in [0.1, 0.15) is 0 Å². The minimum Gasteiger partial charge on any atom is -0.270 e. The van der Waals surface area contributed by atoms with E-state index < -0.39 is 10.1 Å². The van der Waals surface area contributed by atoms with Crippen LogP contribution in [-0.2, 0) is 14.3 Å². The molecule has 1 aromatic carbocycles. The fraction of sp³-hybridized carbons (Fsp3) is 0.143. The van der Waals surface area contributed by atoms with Gasteiger partial charge in [-0.15, -0.1) is 0 Å². The first-order valence-corrected chi connectivity index (χ1v) is 4.91. The number of hydrogen-bond acceptors (Lipinski definition) is 3. The van der Waals surface area contributed by atoms with E-state index in [0.717, 1.165) is 7.11 Å². The molecule has 0 heterocycles. The Morgan fingerprint density at radius 3 is 2.17 bits per heavy atom. The molecule has 0 radical (unpaired) electrons. The summed E-state index contributed by atoms with van der Waals surface area (Å²) in [5.74, 6) is 0. The van der Waals surface area contributed by atoms with Crippen LogP contribution in [0.2, 0.25) is 5.02 Å². The summed E-state index contributed by atoms with van der Waals surface area (Å²) in [4.78, 5) is 0.106. The molecule has 0 atom stereocenters. The summed E-state index contributed by atoms with van der Waals surface area (Å²) < 4.78 is 26.4. The van der Waals surface area contributed by atoms with E-state index in [0.29, 0.717) is 5.02 Å². The third kappa shape index (κ3) is 1.97. The summed E-state index contributed by atoms with van der Waals surface area (Å²) in [5, 5.41) is 0.491. The molecule has 1 aromatic rings. The molecule has 12 heavy (non-hydrogen) atoms. The second kappa shape index (κ2) is 3.43. The first kappa shape index (κ1) is 9.51. The number of halogens is 1. The molecule has 0 N–H and O–H groups in total. The van der Waals surface area contributed by atoms with Gasteiger partial charge in [-0.2, -0.15) is 8.42 Å². The molecule has 0 aliphatic carbocycles. The first-order valence-electron chi connectivity index (χ1n) is 3.12. The van der Waals surface area contributed by atoms with Crippen molar-refractivity contribution in [2.24, 2.45) is 0 Å². The summed E-state index contributed by atoms with van der Waals surface area (Å²) >= 11 is 5.57. The Labute approximate surface area is 76.0 Å². The maximum Gasteiger partial charge on any atom is 0.296 e. The number of hydrogen-bond donors (Lipinski definition) is 0. The van der Waals surface area contributed by atoms with Crippen molar-refractivity contribution in [1.29, 1.82) is 0 Å². The van der Waals surface area contributed by atoms with Crippen molar-refractivity contribution in [3.8, 4) is 0 Å². The van der Waals surface area contributed by atoms with Crippen LogP contribution in [-0.4, -0.2) is 15.5 Å². The normalized spacial score (nSPS) is 11.5. The Balaban J connectivity index is 3.14. The van der Waals surface area contributed by atoms with Crippen LogP contribution in [0.25, 0.3) is 0 Å². The van der Waals surface area contributed by atoms with Crippen LogP contribution in [0.4, 0.5) is 0 Å². The van der Waals surface area contributed by atoms with Gasteiger partial charge in [-0.05, 0) is 24.3 Å². The van der Waals surface area contributed by atoms with E-state index in [1.165, 1.54) is 24.3 Å². The van der Waals surface area contributed by atoms with Crippen LogP contribution >= 0.6 is 11.6 Å². The highest BCUT2D eigenvalue weighted by atomic mass is 35.5. The van der Waals surface area contributed by atoms with E-state index in [4.69, 9.17) is 11.6 Å². The summed E-state index contributed by atoms with van der Waals surface area (Å²) in [6.45, 7) is 0. The van der Waals surface area contributed by atoms with Crippen LogP contribution in [0.15, 0.2) is 29.2 Å². The van der Waals surface area contributed by atoms with Gasteiger partial charge < -0.3 is 0 Å². The fourth-order valence-electron chi connectivity index (χ4n) is 0.697. The Kier molecular flexibility index (Phi) is 2.72. The standard InChI is InChI=1S/C7H7ClO3S/c1-11-12(9,10)7-4-2-6(8)3-5-7/h2-5H,1H3. The smallest absolute Gasteiger partial charge is 0.270 e. The van der Waals surface area contributed by atoms with E-state index in [1.54, 1.807) is 0 Å². The Morgan fingerprint density at radius 1 is 1.25 bits per heavy atom. The monoisotopic (exact) mass is 206 g/mol. The second-order valence-electron chi connectivity index (χ2n) is 2.07. The Bertz CT molecular complexity index is 355. The Morgan fingerprint density at radius 2 is 1.75 bits per heavy atom. The highest BCUT2D eigenvalue weighted by molar-refractivity contribution is 7.86. The minimum absolute atomic E-state index is 0.106. The quantitative estimate of drug-likeness (QED) is 0.692. The molecule has 0 saturated carbocycles. The van der Waals surface area contributed by atoms with Crippen molar-refractivity contribution in [1.82, 2.24) is 0 Å². The average molecular weight is 207 g/mol. The van der Waals surface area contributed by atoms with Crippen LogP contribution in [0.5, 0.6) is 0 Å². The average Bonchev–Trinajstić information content (AvgIpc) is 2.05. The molecule has 0 aromatic heterocycles. The van der Waals surface area contributed by atoms with Gasteiger partial charge in [0.1, 0.15) is 0 Å². The predicted octanol–water partition coefficient (Wildman–Crippen LogP) is 1.68. The third-order valence-corrected chi connectivity index (χ3v) is 2.86. The minimum atomic E-state index is -3.57. The highest BCUT2D eigenvalue weighted by Crippen LogP contribution is 2.15. The lowest BCUT2D eigenvalue weighted by Gasteiger charge is -1.99.